The molecule has 1 unspecified atom stereocenters. The first-order valence-electron chi connectivity index (χ1n) is 8.23. The van der Waals surface area contributed by atoms with Gasteiger partial charge in [-0.2, -0.15) is 0 Å². The van der Waals surface area contributed by atoms with Gasteiger partial charge in [-0.25, -0.2) is 0 Å². The van der Waals surface area contributed by atoms with Crippen LogP contribution in [0.5, 0.6) is 0 Å². The lowest BCUT2D eigenvalue weighted by atomic mass is 10.1. The monoisotopic (exact) mass is 294 g/mol. The van der Waals surface area contributed by atoms with Crippen LogP contribution < -0.4 is 12.4 Å². The minimum atomic E-state index is 0. The van der Waals surface area contributed by atoms with Crippen molar-refractivity contribution >= 4 is 8.58 Å². The summed E-state index contributed by atoms with van der Waals surface area (Å²) in [7, 11) is 0.799. The molecule has 1 atom stereocenters. The van der Waals surface area contributed by atoms with Crippen LogP contribution >= 0.6 is 8.58 Å². The van der Waals surface area contributed by atoms with Crippen LogP contribution in [-0.4, -0.2) is 12.3 Å². The highest BCUT2D eigenvalue weighted by Gasteiger charge is 1.96. The molecule has 0 heterocycles. The molecule has 0 aromatic carbocycles. The number of rotatable bonds is 14. The summed E-state index contributed by atoms with van der Waals surface area (Å²) in [4.78, 5) is 0. The lowest BCUT2D eigenvalue weighted by molar-refractivity contribution is -0.00000381. The largest absolute Gasteiger partial charge is 1.00 e. The molecule has 0 radical (unpaired) electrons. The predicted octanol–water partition coefficient (Wildman–Crippen LogP) is 3.12. The Kier molecular flexibility index (Phi) is 23.4. The summed E-state index contributed by atoms with van der Waals surface area (Å²) in [6, 6.07) is 0. The van der Waals surface area contributed by atoms with Crippen molar-refractivity contribution in [1.29, 1.82) is 0 Å². The molecular formula is C16H36ClP. The Hall–Kier alpha value is 0.720. The molecule has 0 nitrogen and oxygen atoms in total. The molecular weight excluding hydrogens is 259 g/mol. The summed E-state index contributed by atoms with van der Waals surface area (Å²) < 4.78 is 0. The van der Waals surface area contributed by atoms with Crippen LogP contribution in [-0.2, 0) is 0 Å². The zero-order valence-electron chi connectivity index (χ0n) is 12.9. The van der Waals surface area contributed by atoms with E-state index in [0.717, 1.165) is 8.58 Å². The van der Waals surface area contributed by atoms with E-state index in [-0.39, 0.29) is 12.4 Å². The van der Waals surface area contributed by atoms with Crippen LogP contribution in [0.4, 0.5) is 0 Å². The van der Waals surface area contributed by atoms with Gasteiger partial charge in [-0.15, -0.1) is 0 Å². The average Bonchev–Trinajstić information content (AvgIpc) is 2.35. The van der Waals surface area contributed by atoms with E-state index in [1.54, 1.807) is 12.3 Å². The second kappa shape index (κ2) is 20.0. The van der Waals surface area contributed by atoms with Crippen LogP contribution in [0.3, 0.4) is 0 Å². The summed E-state index contributed by atoms with van der Waals surface area (Å²) in [5.74, 6) is 0. The Morgan fingerprint density at radius 3 is 1.39 bits per heavy atom. The summed E-state index contributed by atoms with van der Waals surface area (Å²) in [5.41, 5.74) is 0. The van der Waals surface area contributed by atoms with Crippen LogP contribution in [0.2, 0.25) is 0 Å². The third kappa shape index (κ3) is 19.1. The van der Waals surface area contributed by atoms with Crippen molar-refractivity contribution in [3.05, 3.63) is 0 Å². The molecule has 0 saturated carbocycles. The minimum absolute atomic E-state index is 0. The molecule has 2 heteroatoms. The average molecular weight is 295 g/mol. The van der Waals surface area contributed by atoms with Crippen molar-refractivity contribution in [3.8, 4) is 0 Å². The molecule has 0 aromatic heterocycles. The molecule has 0 aliphatic carbocycles. The van der Waals surface area contributed by atoms with Crippen molar-refractivity contribution < 1.29 is 12.4 Å². The predicted molar refractivity (Wildman–Crippen MR) is 86.2 cm³/mol. The quantitative estimate of drug-likeness (QED) is 0.341. The van der Waals surface area contributed by atoms with Gasteiger partial charge in [0.05, 0.1) is 12.3 Å². The Morgan fingerprint density at radius 2 is 0.889 bits per heavy atom. The fraction of sp³-hybridized carbons (Fsp3) is 1.00. The van der Waals surface area contributed by atoms with Gasteiger partial charge in [0.1, 0.15) is 0 Å². The molecule has 0 fully saturated rings. The number of unbranched alkanes of at least 4 members (excludes halogenated alkanes) is 10. The topological polar surface area (TPSA) is 0 Å². The van der Waals surface area contributed by atoms with Gasteiger partial charge in [-0.3, -0.25) is 0 Å². The number of halogens is 1. The van der Waals surface area contributed by atoms with Gasteiger partial charge in [0, 0.05) is 0 Å². The Morgan fingerprint density at radius 1 is 0.500 bits per heavy atom. The zero-order valence-corrected chi connectivity index (χ0v) is 14.8. The fourth-order valence-corrected chi connectivity index (χ4v) is 3.83. The van der Waals surface area contributed by atoms with E-state index in [2.05, 4.69) is 13.8 Å². The maximum atomic E-state index is 2.31. The highest BCUT2D eigenvalue weighted by molar-refractivity contribution is 7.37. The maximum absolute atomic E-state index is 2.31. The molecule has 0 N–H and O–H groups in total. The number of hydrogen-bond acceptors (Lipinski definition) is 0. The van der Waals surface area contributed by atoms with E-state index in [1.165, 1.54) is 77.0 Å². The second-order valence-electron chi connectivity index (χ2n) is 5.40. The van der Waals surface area contributed by atoms with Crippen molar-refractivity contribution in [2.75, 3.05) is 12.3 Å². The molecule has 0 rings (SSSR count). The van der Waals surface area contributed by atoms with Gasteiger partial charge in [0.15, 0.2) is 0 Å². The normalized spacial score (nSPS) is 11.0. The highest BCUT2D eigenvalue weighted by atomic mass is 35.5. The molecule has 0 saturated heterocycles. The minimum Gasteiger partial charge on any atom is -1.00 e. The third-order valence-corrected chi connectivity index (χ3v) is 5.16. The fourth-order valence-electron chi connectivity index (χ4n) is 2.27. The van der Waals surface area contributed by atoms with Crippen LogP contribution in [0.15, 0.2) is 0 Å². The van der Waals surface area contributed by atoms with Crippen LogP contribution in [0, 0.1) is 0 Å². The second-order valence-corrected chi connectivity index (χ2v) is 7.13. The van der Waals surface area contributed by atoms with Gasteiger partial charge in [0.25, 0.3) is 0 Å². The van der Waals surface area contributed by atoms with Crippen molar-refractivity contribution in [2.24, 2.45) is 0 Å². The first-order chi connectivity index (χ1) is 8.41. The van der Waals surface area contributed by atoms with Gasteiger partial charge in [0.2, 0.25) is 0 Å². The highest BCUT2D eigenvalue weighted by Crippen LogP contribution is 2.17. The SMILES string of the molecule is CCCCCCCCCCCC[PH2+]CCCC.[Cl-]. The zero-order chi connectivity index (χ0) is 12.6. The Labute approximate surface area is 124 Å². The lowest BCUT2D eigenvalue weighted by Crippen LogP contribution is -3.00. The summed E-state index contributed by atoms with van der Waals surface area (Å²) >= 11 is 0. The van der Waals surface area contributed by atoms with E-state index < -0.39 is 0 Å². The van der Waals surface area contributed by atoms with Crippen LogP contribution in [0.25, 0.3) is 0 Å². The first-order valence-corrected chi connectivity index (χ1v) is 9.86. The standard InChI is InChI=1S/C16H35P.ClH/c1-3-5-7-8-9-10-11-12-13-14-16-17-15-6-4-2;/h17H,3-16H2,1-2H3;1H. The van der Waals surface area contributed by atoms with Crippen LogP contribution in [0.1, 0.15) is 90.9 Å². The van der Waals surface area contributed by atoms with E-state index in [0.29, 0.717) is 0 Å². The van der Waals surface area contributed by atoms with Gasteiger partial charge in [-0.05, 0) is 27.8 Å². The molecule has 0 aliphatic heterocycles. The molecule has 18 heavy (non-hydrogen) atoms. The van der Waals surface area contributed by atoms with Gasteiger partial charge in [-0.1, -0.05) is 71.6 Å². The van der Waals surface area contributed by atoms with Gasteiger partial charge >= 0.3 is 0 Å². The van der Waals surface area contributed by atoms with Crippen molar-refractivity contribution in [2.45, 2.75) is 90.9 Å². The molecule has 0 amide bonds. The first kappa shape index (κ1) is 21.0. The summed E-state index contributed by atoms with van der Waals surface area (Å²) in [6.07, 6.45) is 20.8. The summed E-state index contributed by atoms with van der Waals surface area (Å²) in [5, 5.41) is 0. The molecule has 0 aliphatic rings. The van der Waals surface area contributed by atoms with E-state index >= 15 is 0 Å². The van der Waals surface area contributed by atoms with Gasteiger partial charge < -0.3 is 12.4 Å². The van der Waals surface area contributed by atoms with E-state index in [9.17, 15) is 0 Å². The summed E-state index contributed by atoms with van der Waals surface area (Å²) in [6.45, 7) is 4.60. The molecule has 0 aromatic rings. The maximum Gasteiger partial charge on any atom is 0.0549 e. The van der Waals surface area contributed by atoms with Crippen molar-refractivity contribution in [1.82, 2.24) is 0 Å². The molecule has 0 spiro atoms. The molecule has 0 bridgehead atoms. The smallest absolute Gasteiger partial charge is 0.0549 e. The van der Waals surface area contributed by atoms with E-state index in [4.69, 9.17) is 0 Å². The Bertz CT molecular complexity index is 114. The molecule has 112 valence electrons. The number of hydrogen-bond donors (Lipinski definition) is 0. The lowest BCUT2D eigenvalue weighted by Gasteiger charge is -2.01. The Balaban J connectivity index is 0. The van der Waals surface area contributed by atoms with E-state index in [1.807, 2.05) is 0 Å². The van der Waals surface area contributed by atoms with Crippen molar-refractivity contribution in [3.63, 3.8) is 0 Å². The third-order valence-electron chi connectivity index (χ3n) is 3.52.